The molecule has 0 aliphatic carbocycles. The van der Waals surface area contributed by atoms with Crippen LogP contribution in [0.3, 0.4) is 0 Å². The van der Waals surface area contributed by atoms with E-state index in [9.17, 15) is 5.11 Å². The maximum atomic E-state index is 9.19. The highest BCUT2D eigenvalue weighted by molar-refractivity contribution is 7.09. The molecule has 1 heterocycles. The maximum absolute atomic E-state index is 9.19. The number of rotatable bonds is 7. The van der Waals surface area contributed by atoms with Crippen LogP contribution in [0.4, 0.5) is 0 Å². The zero-order valence-electron chi connectivity index (χ0n) is 11.7. The van der Waals surface area contributed by atoms with Crippen molar-refractivity contribution >= 4 is 11.3 Å². The van der Waals surface area contributed by atoms with Crippen molar-refractivity contribution in [3.05, 3.63) is 52.0 Å². The third-order valence-corrected chi connectivity index (χ3v) is 4.16. The van der Waals surface area contributed by atoms with Gasteiger partial charge in [0.15, 0.2) is 0 Å². The molecular formula is C15H21N3OS. The maximum Gasteiger partial charge on any atom is 0.115 e. The highest BCUT2D eigenvalue weighted by Gasteiger charge is 2.22. The van der Waals surface area contributed by atoms with E-state index in [-0.39, 0.29) is 12.6 Å². The van der Waals surface area contributed by atoms with E-state index < -0.39 is 0 Å². The fourth-order valence-corrected chi connectivity index (χ4v) is 3.26. The second kappa shape index (κ2) is 7.50. The van der Waals surface area contributed by atoms with Gasteiger partial charge in [-0.15, -0.1) is 11.3 Å². The van der Waals surface area contributed by atoms with Gasteiger partial charge in [0.25, 0.3) is 0 Å². The number of nitrogens with zero attached hydrogens (tertiary/aromatic N) is 2. The smallest absolute Gasteiger partial charge is 0.115 e. The topological polar surface area (TPSA) is 62.4 Å². The van der Waals surface area contributed by atoms with Gasteiger partial charge in [-0.2, -0.15) is 0 Å². The lowest BCUT2D eigenvalue weighted by Crippen LogP contribution is -2.28. The lowest BCUT2D eigenvalue weighted by Gasteiger charge is -2.26. The molecule has 0 saturated carbocycles. The van der Waals surface area contributed by atoms with Crippen LogP contribution in [-0.4, -0.2) is 41.7 Å². The molecule has 0 fully saturated rings. The summed E-state index contributed by atoms with van der Waals surface area (Å²) in [4.78, 5) is 6.82. The van der Waals surface area contributed by atoms with Crippen LogP contribution in [0.1, 0.15) is 22.3 Å². The number of thiazole rings is 1. The summed E-state index contributed by atoms with van der Waals surface area (Å²) in [7, 11) is 2.01. The summed E-state index contributed by atoms with van der Waals surface area (Å²) in [5.41, 5.74) is 7.82. The minimum atomic E-state index is 0.0832. The highest BCUT2D eigenvalue weighted by Crippen LogP contribution is 2.29. The number of aliphatic hydroxyl groups excluding tert-OH is 1. The second-order valence-corrected chi connectivity index (χ2v) is 5.62. The summed E-state index contributed by atoms with van der Waals surface area (Å²) in [5.74, 6) is 0. The summed E-state index contributed by atoms with van der Waals surface area (Å²) >= 11 is 1.66. The predicted molar refractivity (Wildman–Crippen MR) is 82.9 cm³/mol. The fourth-order valence-electron chi connectivity index (χ4n) is 2.22. The Balaban J connectivity index is 2.30. The Morgan fingerprint density at radius 1 is 1.35 bits per heavy atom. The molecule has 0 amide bonds. The average molecular weight is 291 g/mol. The molecule has 1 unspecified atom stereocenters. The third kappa shape index (κ3) is 3.64. The highest BCUT2D eigenvalue weighted by atomic mass is 32.1. The Morgan fingerprint density at radius 3 is 2.75 bits per heavy atom. The minimum Gasteiger partial charge on any atom is -0.395 e. The Labute approximate surface area is 123 Å². The predicted octanol–water partition coefficient (Wildman–Crippen LogP) is 1.66. The van der Waals surface area contributed by atoms with Crippen LogP contribution in [0.15, 0.2) is 35.7 Å². The molecule has 2 aromatic rings. The molecule has 20 heavy (non-hydrogen) atoms. The van der Waals surface area contributed by atoms with Gasteiger partial charge in [0, 0.05) is 18.3 Å². The van der Waals surface area contributed by atoms with E-state index in [4.69, 9.17) is 10.7 Å². The van der Waals surface area contributed by atoms with Crippen LogP contribution in [0.5, 0.6) is 0 Å². The first kappa shape index (κ1) is 15.1. The molecule has 4 nitrogen and oxygen atoms in total. The van der Waals surface area contributed by atoms with Crippen molar-refractivity contribution in [2.75, 3.05) is 26.7 Å². The van der Waals surface area contributed by atoms with E-state index in [0.717, 1.165) is 17.1 Å². The number of nitrogens with two attached hydrogens (primary N) is 1. The van der Waals surface area contributed by atoms with Crippen LogP contribution in [-0.2, 0) is 6.42 Å². The molecule has 0 radical (unpaired) electrons. The first-order valence-electron chi connectivity index (χ1n) is 6.76. The van der Waals surface area contributed by atoms with Gasteiger partial charge in [-0.05, 0) is 19.2 Å². The molecule has 0 aliphatic rings. The Kier molecular flexibility index (Phi) is 5.67. The molecule has 0 aliphatic heterocycles. The standard InChI is InChI=1S/C15H21N3OS/c1-18(9-10-19)14(12-5-3-2-4-6-12)15-17-13(7-8-16)11-20-15/h2-6,11,14,19H,7-10,16H2,1H3. The van der Waals surface area contributed by atoms with E-state index in [1.807, 2.05) is 25.2 Å². The van der Waals surface area contributed by atoms with Crippen molar-refractivity contribution < 1.29 is 5.11 Å². The van der Waals surface area contributed by atoms with Gasteiger partial charge in [0.1, 0.15) is 5.01 Å². The lowest BCUT2D eigenvalue weighted by atomic mass is 10.1. The van der Waals surface area contributed by atoms with Gasteiger partial charge in [-0.25, -0.2) is 4.98 Å². The number of hydrogen-bond donors (Lipinski definition) is 2. The lowest BCUT2D eigenvalue weighted by molar-refractivity contribution is 0.197. The van der Waals surface area contributed by atoms with E-state index in [2.05, 4.69) is 22.4 Å². The van der Waals surface area contributed by atoms with Gasteiger partial charge in [-0.3, -0.25) is 4.90 Å². The molecule has 0 spiro atoms. The molecule has 0 bridgehead atoms. The number of benzene rings is 1. The van der Waals surface area contributed by atoms with Crippen molar-refractivity contribution in [2.45, 2.75) is 12.5 Å². The van der Waals surface area contributed by atoms with Gasteiger partial charge in [-0.1, -0.05) is 30.3 Å². The zero-order chi connectivity index (χ0) is 14.4. The Hall–Kier alpha value is -1.27. The molecule has 1 aromatic carbocycles. The van der Waals surface area contributed by atoms with E-state index in [1.165, 1.54) is 5.56 Å². The Morgan fingerprint density at radius 2 is 2.10 bits per heavy atom. The van der Waals surface area contributed by atoms with Crippen molar-refractivity contribution in [1.82, 2.24) is 9.88 Å². The quantitative estimate of drug-likeness (QED) is 0.814. The van der Waals surface area contributed by atoms with Gasteiger partial charge in [0.2, 0.25) is 0 Å². The van der Waals surface area contributed by atoms with Crippen molar-refractivity contribution in [3.8, 4) is 0 Å². The first-order chi connectivity index (χ1) is 9.76. The molecule has 0 saturated heterocycles. The molecule has 1 atom stereocenters. The van der Waals surface area contributed by atoms with Gasteiger partial charge < -0.3 is 10.8 Å². The number of hydrogen-bond acceptors (Lipinski definition) is 5. The monoisotopic (exact) mass is 291 g/mol. The number of likely N-dealkylation sites (N-methyl/N-ethyl adjacent to an activating group) is 1. The summed E-state index contributed by atoms with van der Waals surface area (Å²) in [6.07, 6.45) is 0.807. The van der Waals surface area contributed by atoms with Crippen LogP contribution in [0.2, 0.25) is 0 Å². The van der Waals surface area contributed by atoms with Crippen molar-refractivity contribution in [3.63, 3.8) is 0 Å². The Bertz CT molecular complexity index is 515. The van der Waals surface area contributed by atoms with Crippen molar-refractivity contribution in [2.24, 2.45) is 5.73 Å². The van der Waals surface area contributed by atoms with Gasteiger partial charge >= 0.3 is 0 Å². The summed E-state index contributed by atoms with van der Waals surface area (Å²) in [6.45, 7) is 1.37. The van der Waals surface area contributed by atoms with Crippen LogP contribution in [0.25, 0.3) is 0 Å². The first-order valence-corrected chi connectivity index (χ1v) is 7.64. The molecule has 108 valence electrons. The van der Waals surface area contributed by atoms with E-state index in [0.29, 0.717) is 13.1 Å². The van der Waals surface area contributed by atoms with Crippen LogP contribution in [0, 0.1) is 0 Å². The van der Waals surface area contributed by atoms with E-state index >= 15 is 0 Å². The SMILES string of the molecule is CN(CCO)C(c1ccccc1)c1nc(CCN)cs1. The van der Waals surface area contributed by atoms with Crippen molar-refractivity contribution in [1.29, 1.82) is 0 Å². The minimum absolute atomic E-state index is 0.0832. The summed E-state index contributed by atoms with van der Waals surface area (Å²) < 4.78 is 0. The fraction of sp³-hybridized carbons (Fsp3) is 0.400. The summed E-state index contributed by atoms with van der Waals surface area (Å²) in [5, 5.41) is 12.3. The molecule has 1 aromatic heterocycles. The third-order valence-electron chi connectivity index (χ3n) is 3.21. The molecule has 2 rings (SSSR count). The zero-order valence-corrected chi connectivity index (χ0v) is 12.5. The largest absolute Gasteiger partial charge is 0.395 e. The average Bonchev–Trinajstić information content (AvgIpc) is 2.89. The van der Waals surface area contributed by atoms with Crippen LogP contribution >= 0.6 is 11.3 Å². The van der Waals surface area contributed by atoms with Gasteiger partial charge in [0.05, 0.1) is 18.3 Å². The second-order valence-electron chi connectivity index (χ2n) is 4.73. The van der Waals surface area contributed by atoms with E-state index in [1.54, 1.807) is 11.3 Å². The number of aromatic nitrogens is 1. The molecule has 3 N–H and O–H groups in total. The summed E-state index contributed by atoms with van der Waals surface area (Å²) in [6, 6.07) is 10.4. The number of aliphatic hydroxyl groups is 1. The normalized spacial score (nSPS) is 12.8. The van der Waals surface area contributed by atoms with Crippen LogP contribution < -0.4 is 5.73 Å². The molecule has 5 heteroatoms. The molecular weight excluding hydrogens is 270 g/mol.